The number of para-hydroxylation sites is 1. The molecule has 146 valence electrons. The number of imidazole rings is 1. The maximum Gasteiger partial charge on any atom is 0.287 e. The van der Waals surface area contributed by atoms with Crippen LogP contribution in [-0.4, -0.2) is 41.6 Å². The van der Waals surface area contributed by atoms with E-state index in [0.29, 0.717) is 43.8 Å². The van der Waals surface area contributed by atoms with E-state index in [1.54, 1.807) is 31.4 Å². The van der Waals surface area contributed by atoms with Crippen LogP contribution in [0.1, 0.15) is 51.6 Å². The Morgan fingerprint density at radius 3 is 2.89 bits per heavy atom. The van der Waals surface area contributed by atoms with Crippen molar-refractivity contribution in [2.24, 2.45) is 0 Å². The fourth-order valence-electron chi connectivity index (χ4n) is 3.27. The van der Waals surface area contributed by atoms with Gasteiger partial charge in [-0.2, -0.15) is 5.26 Å². The van der Waals surface area contributed by atoms with Gasteiger partial charge in [-0.15, -0.1) is 0 Å². The van der Waals surface area contributed by atoms with E-state index < -0.39 is 5.91 Å². The molecule has 0 atom stereocenters. The zero-order valence-corrected chi connectivity index (χ0v) is 15.8. The molecular formula is C20H23N5O3. The summed E-state index contributed by atoms with van der Waals surface area (Å²) in [4.78, 5) is 29.8. The van der Waals surface area contributed by atoms with Gasteiger partial charge in [-0.3, -0.25) is 9.59 Å². The fourth-order valence-corrected chi connectivity index (χ4v) is 3.27. The molecule has 2 amide bonds. The topological polar surface area (TPSA) is 109 Å². The lowest BCUT2D eigenvalue weighted by Gasteiger charge is -2.17. The Morgan fingerprint density at radius 2 is 2.11 bits per heavy atom. The Bertz CT molecular complexity index is 913. The molecule has 0 radical (unpaired) electrons. The van der Waals surface area contributed by atoms with Crippen molar-refractivity contribution in [3.8, 4) is 6.07 Å². The molecule has 0 bridgehead atoms. The molecule has 28 heavy (non-hydrogen) atoms. The summed E-state index contributed by atoms with van der Waals surface area (Å²) in [5.74, 6) is -0.451. The minimum absolute atomic E-state index is 0.245. The van der Waals surface area contributed by atoms with Crippen LogP contribution in [0, 0.1) is 11.3 Å². The normalized spacial score (nSPS) is 12.7. The maximum atomic E-state index is 12.8. The third-order valence-electron chi connectivity index (χ3n) is 4.64. The maximum absolute atomic E-state index is 12.8. The van der Waals surface area contributed by atoms with Crippen LogP contribution in [0.5, 0.6) is 0 Å². The number of fused-ring (bicyclic) bond motifs is 1. The number of nitriles is 1. The number of rotatable bonds is 7. The van der Waals surface area contributed by atoms with Gasteiger partial charge < -0.3 is 19.9 Å². The summed E-state index contributed by atoms with van der Waals surface area (Å²) in [6, 6.07) is 8.84. The number of amides is 2. The van der Waals surface area contributed by atoms with Crippen LogP contribution in [0.4, 0.5) is 5.69 Å². The second-order valence-corrected chi connectivity index (χ2v) is 6.55. The molecule has 1 aromatic carbocycles. The van der Waals surface area contributed by atoms with Crippen molar-refractivity contribution in [2.45, 2.75) is 32.2 Å². The molecule has 3 rings (SSSR count). The lowest BCUT2D eigenvalue weighted by Crippen LogP contribution is -2.29. The zero-order chi connectivity index (χ0) is 19.9. The van der Waals surface area contributed by atoms with E-state index in [4.69, 9.17) is 4.74 Å². The highest BCUT2D eigenvalue weighted by Crippen LogP contribution is 2.23. The van der Waals surface area contributed by atoms with Crippen LogP contribution < -0.4 is 10.6 Å². The van der Waals surface area contributed by atoms with E-state index in [0.717, 1.165) is 18.5 Å². The third-order valence-corrected chi connectivity index (χ3v) is 4.64. The first kappa shape index (κ1) is 19.6. The quantitative estimate of drug-likeness (QED) is 0.714. The van der Waals surface area contributed by atoms with Crippen LogP contribution >= 0.6 is 0 Å². The van der Waals surface area contributed by atoms with E-state index in [-0.39, 0.29) is 17.4 Å². The fraction of sp³-hybridized carbons (Fsp3) is 0.400. The van der Waals surface area contributed by atoms with Crippen molar-refractivity contribution in [3.05, 3.63) is 47.0 Å². The first-order valence-electron chi connectivity index (χ1n) is 9.32. The number of methoxy groups -OCH3 is 1. The second kappa shape index (κ2) is 9.15. The smallest absolute Gasteiger partial charge is 0.287 e. The summed E-state index contributed by atoms with van der Waals surface area (Å²) in [6.07, 6.45) is 3.27. The van der Waals surface area contributed by atoms with E-state index in [9.17, 15) is 14.9 Å². The predicted molar refractivity (Wildman–Crippen MR) is 103 cm³/mol. The van der Waals surface area contributed by atoms with Gasteiger partial charge in [0.1, 0.15) is 6.07 Å². The number of hydrogen-bond donors (Lipinski definition) is 2. The van der Waals surface area contributed by atoms with Gasteiger partial charge in [0.05, 0.1) is 16.9 Å². The Kier molecular flexibility index (Phi) is 6.40. The van der Waals surface area contributed by atoms with Gasteiger partial charge in [0, 0.05) is 26.8 Å². The van der Waals surface area contributed by atoms with Gasteiger partial charge in [-0.25, -0.2) is 4.98 Å². The number of carbonyl (C=O) groups excluding carboxylic acids is 2. The average Bonchev–Trinajstić information content (AvgIpc) is 3.11. The van der Waals surface area contributed by atoms with Crippen LogP contribution in [0.25, 0.3) is 0 Å². The predicted octanol–water partition coefficient (Wildman–Crippen LogP) is 2.11. The summed E-state index contributed by atoms with van der Waals surface area (Å²) in [5.41, 5.74) is 1.81. The molecule has 0 saturated heterocycles. The molecule has 0 spiro atoms. The van der Waals surface area contributed by atoms with Crippen LogP contribution in [-0.2, 0) is 17.7 Å². The molecule has 0 unspecified atom stereocenters. The monoisotopic (exact) mass is 381 g/mol. The lowest BCUT2D eigenvalue weighted by molar-refractivity contribution is 0.0932. The molecule has 0 saturated carbocycles. The van der Waals surface area contributed by atoms with Gasteiger partial charge in [0.25, 0.3) is 11.8 Å². The molecule has 1 aliphatic rings. The first-order valence-corrected chi connectivity index (χ1v) is 9.32. The number of benzene rings is 1. The molecule has 8 heteroatoms. The Labute approximate surface area is 163 Å². The molecule has 0 fully saturated rings. The van der Waals surface area contributed by atoms with Gasteiger partial charge in [0.15, 0.2) is 11.5 Å². The molecule has 2 aromatic rings. The van der Waals surface area contributed by atoms with Crippen molar-refractivity contribution >= 4 is 17.5 Å². The summed E-state index contributed by atoms with van der Waals surface area (Å²) < 4.78 is 6.82. The van der Waals surface area contributed by atoms with Crippen molar-refractivity contribution in [1.29, 1.82) is 5.26 Å². The highest BCUT2D eigenvalue weighted by atomic mass is 16.5. The van der Waals surface area contributed by atoms with Crippen molar-refractivity contribution < 1.29 is 14.3 Å². The Hall–Kier alpha value is -3.18. The Morgan fingerprint density at radius 1 is 1.29 bits per heavy atom. The summed E-state index contributed by atoms with van der Waals surface area (Å²) in [7, 11) is 1.61. The lowest BCUT2D eigenvalue weighted by atomic mass is 10.1. The minimum atomic E-state index is -0.410. The third kappa shape index (κ3) is 4.21. The first-order chi connectivity index (χ1) is 13.7. The average molecular weight is 381 g/mol. The van der Waals surface area contributed by atoms with Crippen LogP contribution in [0.2, 0.25) is 0 Å². The number of hydrogen-bond acceptors (Lipinski definition) is 5. The van der Waals surface area contributed by atoms with E-state index in [2.05, 4.69) is 21.7 Å². The largest absolute Gasteiger partial charge is 0.385 e. The van der Waals surface area contributed by atoms with Gasteiger partial charge >= 0.3 is 0 Å². The summed E-state index contributed by atoms with van der Waals surface area (Å²) in [5, 5.41) is 14.8. The second-order valence-electron chi connectivity index (χ2n) is 6.55. The van der Waals surface area contributed by atoms with E-state index in [1.165, 1.54) is 0 Å². The molecule has 1 aromatic heterocycles. The van der Waals surface area contributed by atoms with Gasteiger partial charge in [-0.1, -0.05) is 12.1 Å². The van der Waals surface area contributed by atoms with Crippen molar-refractivity contribution in [3.63, 3.8) is 0 Å². The SMILES string of the molecule is COCCCNC(=O)c1nc(C(=O)Nc2ccccc2C#N)c2n1CCCC2. The molecule has 2 N–H and O–H groups in total. The van der Waals surface area contributed by atoms with Gasteiger partial charge in [-0.05, 0) is 37.8 Å². The number of anilines is 1. The minimum Gasteiger partial charge on any atom is -0.385 e. The standard InChI is InChI=1S/C20H23N5O3/c1-28-12-6-10-22-20(27)18-24-17(16-9-4-5-11-25(16)18)19(26)23-15-8-3-2-7-14(15)13-21/h2-3,7-8H,4-6,9-12H2,1H3,(H,22,27)(H,23,26). The van der Waals surface area contributed by atoms with E-state index >= 15 is 0 Å². The summed E-state index contributed by atoms with van der Waals surface area (Å²) >= 11 is 0. The molecule has 8 nitrogen and oxygen atoms in total. The van der Waals surface area contributed by atoms with Crippen molar-refractivity contribution in [2.75, 3.05) is 25.6 Å². The number of nitrogens with one attached hydrogen (secondary N) is 2. The summed E-state index contributed by atoms with van der Waals surface area (Å²) in [6.45, 7) is 1.70. The number of carbonyl (C=O) groups is 2. The van der Waals surface area contributed by atoms with Crippen LogP contribution in [0.15, 0.2) is 24.3 Å². The molecular weight excluding hydrogens is 358 g/mol. The highest BCUT2D eigenvalue weighted by molar-refractivity contribution is 6.05. The molecule has 2 heterocycles. The van der Waals surface area contributed by atoms with Crippen LogP contribution in [0.3, 0.4) is 0 Å². The van der Waals surface area contributed by atoms with Crippen molar-refractivity contribution in [1.82, 2.24) is 14.9 Å². The Balaban J connectivity index is 1.83. The number of ether oxygens (including phenoxy) is 1. The zero-order valence-electron chi connectivity index (χ0n) is 15.8. The van der Waals surface area contributed by atoms with Gasteiger partial charge in [0.2, 0.25) is 0 Å². The highest BCUT2D eigenvalue weighted by Gasteiger charge is 2.27. The van der Waals surface area contributed by atoms with E-state index in [1.807, 2.05) is 4.57 Å². The number of aromatic nitrogens is 2. The number of nitrogens with zero attached hydrogens (tertiary/aromatic N) is 3. The molecule has 1 aliphatic heterocycles. The molecule has 0 aliphatic carbocycles.